The van der Waals surface area contributed by atoms with E-state index in [9.17, 15) is 28.8 Å². The number of alkyl carbamates (subject to hydrolysis) is 3. The summed E-state index contributed by atoms with van der Waals surface area (Å²) in [5.41, 5.74) is -4.79. The van der Waals surface area contributed by atoms with E-state index < -0.39 is 51.6 Å². The second kappa shape index (κ2) is 17.5. The summed E-state index contributed by atoms with van der Waals surface area (Å²) in [6, 6.07) is -0.866. The van der Waals surface area contributed by atoms with Crippen molar-refractivity contribution >= 4 is 18.3 Å². The summed E-state index contributed by atoms with van der Waals surface area (Å²) in [5, 5.41) is 9.10. The molecule has 1 aromatic rings. The molecule has 0 bridgehead atoms. The molecular weight excluding hydrogens is 817 g/mol. The van der Waals surface area contributed by atoms with E-state index in [1.807, 2.05) is 20.8 Å². The van der Waals surface area contributed by atoms with E-state index in [0.717, 1.165) is 0 Å². The zero-order chi connectivity index (χ0) is 45.8. The fourth-order valence-electron chi connectivity index (χ4n) is 12.5. The molecule has 0 spiro atoms. The SMILES string of the molecule is CC1(C)CC(NC(=O)OCC2CO2)CC(C)(Cn2c(=O)n(CC3(C)CC(NC(=O)OCC4CO4)CC(C)(C)C3)c(=O)n(CC3(C)CC(NC(=O)OC4COC4)CC(C)(C)C3)c2=O)C1. The van der Waals surface area contributed by atoms with Crippen LogP contribution in [-0.2, 0) is 48.1 Å². The molecule has 6 fully saturated rings. The van der Waals surface area contributed by atoms with Gasteiger partial charge in [0.2, 0.25) is 0 Å². The molecule has 3 N–H and O–H groups in total. The highest BCUT2D eigenvalue weighted by Crippen LogP contribution is 2.49. The monoisotopic (exact) mass is 889 g/mol. The van der Waals surface area contributed by atoms with Gasteiger partial charge in [-0.15, -0.1) is 0 Å². The highest BCUT2D eigenvalue weighted by molar-refractivity contribution is 5.68. The third-order valence-electron chi connectivity index (χ3n) is 13.8. The van der Waals surface area contributed by atoms with E-state index in [-0.39, 0.29) is 85.5 Å². The lowest BCUT2D eigenvalue weighted by molar-refractivity contribution is -0.0991. The number of hydrogen-bond donors (Lipinski definition) is 3. The molecule has 0 aromatic carbocycles. The molecule has 3 saturated carbocycles. The smallest absolute Gasteiger partial charge is 0.407 e. The Labute approximate surface area is 369 Å². The fraction of sp³-hybridized carbons (Fsp3) is 0.867. The molecule has 4 heterocycles. The van der Waals surface area contributed by atoms with Crippen LogP contribution in [0.3, 0.4) is 0 Å². The summed E-state index contributed by atoms with van der Waals surface area (Å²) < 4.78 is 35.6. The van der Waals surface area contributed by atoms with Crippen LogP contribution in [0.2, 0.25) is 0 Å². The van der Waals surface area contributed by atoms with Crippen LogP contribution in [0.25, 0.3) is 0 Å². The van der Waals surface area contributed by atoms with E-state index in [1.165, 1.54) is 13.7 Å². The number of carbonyl (C=O) groups excluding carboxylic acids is 3. The van der Waals surface area contributed by atoms with E-state index in [1.54, 1.807) is 0 Å². The van der Waals surface area contributed by atoms with E-state index in [0.29, 0.717) is 84.2 Å². The molecule has 3 amide bonds. The van der Waals surface area contributed by atoms with Gasteiger partial charge >= 0.3 is 35.3 Å². The Balaban J connectivity index is 1.21. The molecule has 3 aliphatic carbocycles. The van der Waals surface area contributed by atoms with Gasteiger partial charge in [0.15, 0.2) is 6.10 Å². The van der Waals surface area contributed by atoms with Gasteiger partial charge in [0.1, 0.15) is 25.4 Å². The van der Waals surface area contributed by atoms with Crippen molar-refractivity contribution in [2.24, 2.45) is 32.5 Å². The highest BCUT2D eigenvalue weighted by atomic mass is 16.6. The standard InChI is InChI=1S/C45H72N6O12/c1-40(2)10-28(46-34(52)61-20-31-18-59-31)13-43(7,22-40)25-49-37(55)50(26-44(8)14-29(11-41(3,4)23-44)47-35(53)62-21-32-19-60-32)39(57)51(38(49)56)27-45(9)15-30(12-42(5,6)24-45)48-36(54)63-33-16-58-17-33/h28-33H,10-27H2,1-9H3,(H,46,52)(H,47,53)(H,48,54). The number of rotatable bonds is 14. The predicted octanol–water partition coefficient (Wildman–Crippen LogP) is 4.30. The minimum atomic E-state index is -0.687. The van der Waals surface area contributed by atoms with Crippen molar-refractivity contribution in [1.29, 1.82) is 0 Å². The maximum absolute atomic E-state index is 15.0. The average Bonchev–Trinajstić information content (AvgIpc) is 4.04. The molecule has 8 atom stereocenters. The molecule has 63 heavy (non-hydrogen) atoms. The van der Waals surface area contributed by atoms with E-state index in [4.69, 9.17) is 28.4 Å². The number of epoxide rings is 2. The van der Waals surface area contributed by atoms with Crippen molar-refractivity contribution in [3.8, 4) is 0 Å². The summed E-state index contributed by atoms with van der Waals surface area (Å²) in [4.78, 5) is 83.5. The predicted molar refractivity (Wildman–Crippen MR) is 230 cm³/mol. The number of carbonyl (C=O) groups is 3. The number of aromatic nitrogens is 3. The summed E-state index contributed by atoms with van der Waals surface area (Å²) in [6.07, 6.45) is 3.37. The zero-order valence-corrected chi connectivity index (χ0v) is 38.9. The van der Waals surface area contributed by atoms with Crippen molar-refractivity contribution in [2.75, 3.05) is 39.6 Å². The Bertz CT molecular complexity index is 1960. The van der Waals surface area contributed by atoms with Crippen molar-refractivity contribution in [3.63, 3.8) is 0 Å². The van der Waals surface area contributed by atoms with Crippen molar-refractivity contribution in [2.45, 2.75) is 176 Å². The average molecular weight is 889 g/mol. The Morgan fingerprint density at radius 1 is 0.524 bits per heavy atom. The van der Waals surface area contributed by atoms with Crippen LogP contribution in [0.15, 0.2) is 14.4 Å². The van der Waals surface area contributed by atoms with Gasteiger partial charge < -0.3 is 44.4 Å². The third kappa shape index (κ3) is 12.5. The van der Waals surface area contributed by atoms with Crippen molar-refractivity contribution in [3.05, 3.63) is 31.5 Å². The van der Waals surface area contributed by atoms with Crippen LogP contribution in [0.4, 0.5) is 14.4 Å². The van der Waals surface area contributed by atoms with Crippen LogP contribution in [0, 0.1) is 32.5 Å². The number of amides is 3. The maximum Gasteiger partial charge on any atom is 0.407 e. The third-order valence-corrected chi connectivity index (χ3v) is 13.8. The molecule has 0 radical (unpaired) electrons. The fourth-order valence-corrected chi connectivity index (χ4v) is 12.5. The Morgan fingerprint density at radius 2 is 0.841 bits per heavy atom. The molecule has 6 aliphatic rings. The topological polar surface area (TPSA) is 215 Å². The Hall–Kier alpha value is -3.90. The zero-order valence-electron chi connectivity index (χ0n) is 38.9. The van der Waals surface area contributed by atoms with Gasteiger partial charge in [0.05, 0.1) is 26.4 Å². The van der Waals surface area contributed by atoms with Gasteiger partial charge in [-0.3, -0.25) is 0 Å². The minimum Gasteiger partial charge on any atom is -0.447 e. The van der Waals surface area contributed by atoms with Crippen molar-refractivity contribution < 1.29 is 42.8 Å². The lowest BCUT2D eigenvalue weighted by Gasteiger charge is -2.48. The lowest BCUT2D eigenvalue weighted by Crippen LogP contribution is -2.60. The first-order chi connectivity index (χ1) is 29.3. The second-order valence-corrected chi connectivity index (χ2v) is 23.5. The number of ether oxygens (including phenoxy) is 6. The quantitative estimate of drug-likeness (QED) is 0.176. The van der Waals surface area contributed by atoms with Gasteiger partial charge in [-0.25, -0.2) is 42.5 Å². The first-order valence-electron chi connectivity index (χ1n) is 22.9. The Kier molecular flexibility index (Phi) is 13.1. The first-order valence-corrected chi connectivity index (χ1v) is 22.9. The maximum atomic E-state index is 15.0. The van der Waals surface area contributed by atoms with E-state index in [2.05, 4.69) is 57.5 Å². The van der Waals surface area contributed by atoms with Gasteiger partial charge in [-0.05, 0) is 90.3 Å². The second-order valence-electron chi connectivity index (χ2n) is 23.5. The number of nitrogens with one attached hydrogen (secondary N) is 3. The number of nitrogens with zero attached hydrogens (tertiary/aromatic N) is 3. The van der Waals surface area contributed by atoms with Gasteiger partial charge in [0.25, 0.3) is 0 Å². The molecule has 3 aliphatic heterocycles. The molecule has 18 nitrogen and oxygen atoms in total. The normalized spacial score (nSPS) is 34.1. The lowest BCUT2D eigenvalue weighted by atomic mass is 9.62. The molecule has 354 valence electrons. The summed E-state index contributed by atoms with van der Waals surface area (Å²) in [5.74, 6) is 0. The molecular formula is C45H72N6O12. The van der Waals surface area contributed by atoms with Crippen LogP contribution >= 0.6 is 0 Å². The van der Waals surface area contributed by atoms with Gasteiger partial charge in [-0.1, -0.05) is 62.3 Å². The molecule has 18 heteroatoms. The van der Waals surface area contributed by atoms with Crippen LogP contribution in [-0.4, -0.2) is 108 Å². The molecule has 8 unspecified atom stereocenters. The molecule has 1 aromatic heterocycles. The van der Waals surface area contributed by atoms with E-state index >= 15 is 0 Å². The van der Waals surface area contributed by atoms with Crippen LogP contribution in [0.5, 0.6) is 0 Å². The summed E-state index contributed by atoms with van der Waals surface area (Å²) in [6.45, 7) is 21.0. The number of hydrogen-bond acceptors (Lipinski definition) is 12. The first kappa shape index (κ1) is 47.1. The highest BCUT2D eigenvalue weighted by Gasteiger charge is 2.47. The summed E-state index contributed by atoms with van der Waals surface area (Å²) >= 11 is 0. The largest absolute Gasteiger partial charge is 0.447 e. The van der Waals surface area contributed by atoms with Gasteiger partial charge in [0, 0.05) is 37.8 Å². The molecule has 7 rings (SSSR count). The van der Waals surface area contributed by atoms with Gasteiger partial charge in [-0.2, -0.15) is 0 Å². The Morgan fingerprint density at radius 3 is 1.13 bits per heavy atom. The molecule has 3 saturated heterocycles. The van der Waals surface area contributed by atoms with Crippen molar-refractivity contribution in [1.82, 2.24) is 29.7 Å². The van der Waals surface area contributed by atoms with Crippen LogP contribution in [0.1, 0.15) is 120 Å². The summed E-state index contributed by atoms with van der Waals surface area (Å²) in [7, 11) is 0. The minimum absolute atomic E-state index is 0.0174. The van der Waals surface area contributed by atoms with Crippen LogP contribution < -0.4 is 33.0 Å².